The van der Waals surface area contributed by atoms with Gasteiger partial charge in [-0.3, -0.25) is 0 Å². The summed E-state index contributed by atoms with van der Waals surface area (Å²) in [7, 11) is 0. The summed E-state index contributed by atoms with van der Waals surface area (Å²) in [6.07, 6.45) is 0.549. The number of ether oxygens (including phenoxy) is 2. The third-order valence-electron chi connectivity index (χ3n) is 5.02. The fourth-order valence-electron chi connectivity index (χ4n) is 3.34. The van der Waals surface area contributed by atoms with Crippen molar-refractivity contribution in [2.75, 3.05) is 19.8 Å². The van der Waals surface area contributed by atoms with Gasteiger partial charge in [-0.15, -0.1) is 0 Å². The van der Waals surface area contributed by atoms with Gasteiger partial charge in [0.15, 0.2) is 0 Å². The zero-order valence-electron chi connectivity index (χ0n) is 18.1. The molecule has 0 saturated carbocycles. The van der Waals surface area contributed by atoms with Crippen molar-refractivity contribution < 1.29 is 19.4 Å². The fraction of sp³-hybridized carbons (Fsp3) is 0.222. The second-order valence-corrected chi connectivity index (χ2v) is 7.46. The van der Waals surface area contributed by atoms with Gasteiger partial charge in [0.25, 0.3) is 0 Å². The van der Waals surface area contributed by atoms with Crippen LogP contribution < -0.4 is 4.74 Å². The van der Waals surface area contributed by atoms with Gasteiger partial charge >= 0.3 is 5.97 Å². The quantitative estimate of drug-likeness (QED) is 0.290. The molecular formula is C27H28O4. The lowest BCUT2D eigenvalue weighted by Gasteiger charge is -2.14. The highest BCUT2D eigenvalue weighted by molar-refractivity contribution is 5.86. The maximum Gasteiger partial charge on any atom is 0.333 e. The van der Waals surface area contributed by atoms with E-state index in [0.717, 1.165) is 22.3 Å². The van der Waals surface area contributed by atoms with Gasteiger partial charge in [-0.25, -0.2) is 4.79 Å². The summed E-state index contributed by atoms with van der Waals surface area (Å²) in [6.45, 7) is 7.73. The van der Waals surface area contributed by atoms with E-state index in [1.54, 1.807) is 6.92 Å². The van der Waals surface area contributed by atoms with Crippen LogP contribution in [0.25, 0.3) is 22.3 Å². The Morgan fingerprint density at radius 2 is 1.61 bits per heavy atom. The number of carbonyl (C=O) groups is 1. The van der Waals surface area contributed by atoms with Crippen LogP contribution in [0, 0.1) is 6.92 Å². The molecule has 31 heavy (non-hydrogen) atoms. The molecule has 0 saturated heterocycles. The van der Waals surface area contributed by atoms with Crippen molar-refractivity contribution >= 4 is 5.97 Å². The Bertz CT molecular complexity index is 1050. The molecule has 0 fully saturated rings. The first-order valence-corrected chi connectivity index (χ1v) is 10.3. The molecule has 0 aliphatic rings. The largest absolute Gasteiger partial charge is 0.489 e. The molecule has 3 rings (SSSR count). The summed E-state index contributed by atoms with van der Waals surface area (Å²) in [5.74, 6) is 0.269. The number of hydrogen-bond acceptors (Lipinski definition) is 4. The first-order valence-electron chi connectivity index (χ1n) is 10.3. The Hall–Kier alpha value is -3.37. The molecule has 0 aromatic heterocycles. The van der Waals surface area contributed by atoms with Gasteiger partial charge in [-0.2, -0.15) is 0 Å². The summed E-state index contributed by atoms with van der Waals surface area (Å²) >= 11 is 0. The van der Waals surface area contributed by atoms with Crippen LogP contribution in [-0.2, 0) is 16.0 Å². The van der Waals surface area contributed by atoms with E-state index in [9.17, 15) is 9.90 Å². The Labute approximate surface area is 183 Å². The van der Waals surface area contributed by atoms with E-state index in [4.69, 9.17) is 9.47 Å². The minimum atomic E-state index is -0.426. The molecule has 0 amide bonds. The number of carbonyl (C=O) groups excluding carboxylic acids is 1. The number of benzene rings is 3. The predicted octanol–water partition coefficient (Wildman–Crippen LogP) is 5.36. The maximum atomic E-state index is 11.5. The van der Waals surface area contributed by atoms with Gasteiger partial charge in [-0.05, 0) is 54.2 Å². The summed E-state index contributed by atoms with van der Waals surface area (Å²) in [5.41, 5.74) is 6.93. The molecule has 160 valence electrons. The zero-order valence-corrected chi connectivity index (χ0v) is 18.1. The number of aliphatic hydroxyl groups excluding tert-OH is 1. The van der Waals surface area contributed by atoms with Crippen molar-refractivity contribution in [1.29, 1.82) is 0 Å². The van der Waals surface area contributed by atoms with Crippen molar-refractivity contribution in [3.05, 3.63) is 90.0 Å². The van der Waals surface area contributed by atoms with E-state index >= 15 is 0 Å². The van der Waals surface area contributed by atoms with E-state index in [0.29, 0.717) is 17.7 Å². The molecule has 0 heterocycles. The SMILES string of the molecule is C=C(C)C(=O)OCCOc1cc(CCO)ccc1-c1ccc(-c2ccccc2C)cc1. The van der Waals surface area contributed by atoms with Gasteiger partial charge in [0.1, 0.15) is 19.0 Å². The maximum absolute atomic E-state index is 11.5. The summed E-state index contributed by atoms with van der Waals surface area (Å²) in [5, 5.41) is 9.28. The van der Waals surface area contributed by atoms with Crippen molar-refractivity contribution in [2.24, 2.45) is 0 Å². The fourth-order valence-corrected chi connectivity index (χ4v) is 3.34. The Morgan fingerprint density at radius 3 is 2.26 bits per heavy atom. The normalized spacial score (nSPS) is 10.5. The molecule has 4 nitrogen and oxygen atoms in total. The van der Waals surface area contributed by atoms with E-state index in [-0.39, 0.29) is 19.8 Å². The third-order valence-corrected chi connectivity index (χ3v) is 5.02. The second-order valence-electron chi connectivity index (χ2n) is 7.46. The Morgan fingerprint density at radius 1 is 0.935 bits per heavy atom. The predicted molar refractivity (Wildman–Crippen MR) is 124 cm³/mol. The highest BCUT2D eigenvalue weighted by atomic mass is 16.6. The van der Waals surface area contributed by atoms with Gasteiger partial charge < -0.3 is 14.6 Å². The molecule has 0 atom stereocenters. The number of esters is 1. The molecule has 0 bridgehead atoms. The minimum absolute atomic E-state index is 0.0696. The molecular weight excluding hydrogens is 388 g/mol. The number of rotatable bonds is 9. The van der Waals surface area contributed by atoms with Gasteiger partial charge in [0, 0.05) is 17.7 Å². The van der Waals surface area contributed by atoms with Crippen molar-refractivity contribution in [2.45, 2.75) is 20.3 Å². The minimum Gasteiger partial charge on any atom is -0.489 e. The smallest absolute Gasteiger partial charge is 0.333 e. The average molecular weight is 417 g/mol. The topological polar surface area (TPSA) is 55.8 Å². The first kappa shape index (κ1) is 22.3. The Balaban J connectivity index is 1.81. The molecule has 3 aromatic rings. The van der Waals surface area contributed by atoms with Gasteiger partial charge in [0.05, 0.1) is 0 Å². The molecule has 0 spiro atoms. The van der Waals surface area contributed by atoms with Crippen LogP contribution in [0.2, 0.25) is 0 Å². The van der Waals surface area contributed by atoms with E-state index < -0.39 is 5.97 Å². The summed E-state index contributed by atoms with van der Waals surface area (Å²) in [6, 6.07) is 22.6. The molecule has 4 heteroatoms. The van der Waals surface area contributed by atoms with Crippen LogP contribution in [-0.4, -0.2) is 30.9 Å². The lowest BCUT2D eigenvalue weighted by atomic mass is 9.96. The van der Waals surface area contributed by atoms with Crippen LogP contribution in [0.15, 0.2) is 78.9 Å². The molecule has 1 N–H and O–H groups in total. The van der Waals surface area contributed by atoms with Crippen LogP contribution >= 0.6 is 0 Å². The second kappa shape index (κ2) is 10.6. The Kier molecular flexibility index (Phi) is 7.63. The zero-order chi connectivity index (χ0) is 22.2. The van der Waals surface area contributed by atoms with Crippen LogP contribution in [0.1, 0.15) is 18.1 Å². The van der Waals surface area contributed by atoms with Crippen molar-refractivity contribution in [3.8, 4) is 28.0 Å². The molecule has 0 radical (unpaired) electrons. The van der Waals surface area contributed by atoms with E-state index in [1.807, 2.05) is 30.3 Å². The monoisotopic (exact) mass is 416 g/mol. The van der Waals surface area contributed by atoms with Crippen LogP contribution in [0.5, 0.6) is 5.75 Å². The lowest BCUT2D eigenvalue weighted by molar-refractivity contribution is -0.139. The van der Waals surface area contributed by atoms with Crippen LogP contribution in [0.3, 0.4) is 0 Å². The molecule has 0 aliphatic carbocycles. The molecule has 3 aromatic carbocycles. The van der Waals surface area contributed by atoms with Crippen LogP contribution in [0.4, 0.5) is 0 Å². The summed E-state index contributed by atoms with van der Waals surface area (Å²) in [4.78, 5) is 11.5. The van der Waals surface area contributed by atoms with Crippen molar-refractivity contribution in [1.82, 2.24) is 0 Å². The first-order chi connectivity index (χ1) is 15.0. The summed E-state index contributed by atoms with van der Waals surface area (Å²) < 4.78 is 11.1. The van der Waals surface area contributed by atoms with Crippen molar-refractivity contribution in [3.63, 3.8) is 0 Å². The number of aliphatic hydroxyl groups is 1. The van der Waals surface area contributed by atoms with E-state index in [2.05, 4.69) is 49.9 Å². The number of hydrogen-bond donors (Lipinski definition) is 1. The van der Waals surface area contributed by atoms with Gasteiger partial charge in [-0.1, -0.05) is 67.2 Å². The highest BCUT2D eigenvalue weighted by Gasteiger charge is 2.10. The average Bonchev–Trinajstić information content (AvgIpc) is 2.77. The van der Waals surface area contributed by atoms with E-state index in [1.165, 1.54) is 11.1 Å². The molecule has 0 aliphatic heterocycles. The third kappa shape index (κ3) is 5.83. The standard InChI is InChI=1S/C27H28O4/c1-19(2)27(29)31-17-16-30-26-18-21(14-15-28)8-13-25(26)23-11-9-22(10-12-23)24-7-5-4-6-20(24)3/h4-13,18,28H,1,14-17H2,2-3H3. The highest BCUT2D eigenvalue weighted by Crippen LogP contribution is 2.33. The molecule has 0 unspecified atom stereocenters. The van der Waals surface area contributed by atoms with Gasteiger partial charge in [0.2, 0.25) is 0 Å². The lowest BCUT2D eigenvalue weighted by Crippen LogP contribution is -2.12. The number of aryl methyl sites for hydroxylation is 1.